The molecule has 0 spiro atoms. The molecule has 0 aliphatic heterocycles. The number of carboxylic acid groups (broad SMARTS) is 1. The van der Waals surface area contributed by atoms with Crippen LogP contribution in [0.2, 0.25) is 0 Å². The van der Waals surface area contributed by atoms with Crippen molar-refractivity contribution >= 4 is 17.9 Å². The highest BCUT2D eigenvalue weighted by molar-refractivity contribution is 5.89. The van der Waals surface area contributed by atoms with E-state index in [1.165, 1.54) is 12.1 Å². The van der Waals surface area contributed by atoms with Crippen molar-refractivity contribution in [3.8, 4) is 0 Å². The van der Waals surface area contributed by atoms with Gasteiger partial charge in [0.05, 0.1) is 23.7 Å². The normalized spacial score (nSPS) is 10.8. The van der Waals surface area contributed by atoms with Gasteiger partial charge < -0.3 is 9.52 Å². The molecule has 4 nitrogen and oxygen atoms in total. The first-order chi connectivity index (χ1) is 7.75. The number of nitrogens with zero attached hydrogens (tertiary/aromatic N) is 1. The van der Waals surface area contributed by atoms with Crippen LogP contribution in [0.1, 0.15) is 16.1 Å². The molecule has 0 aliphatic rings. The summed E-state index contributed by atoms with van der Waals surface area (Å²) in [6.45, 7) is 0. The Labute approximate surface area is 91.9 Å². The Bertz CT molecular complexity index is 515. The number of aliphatic imine (C=N–C) groups is 1. The average molecular weight is 215 g/mol. The second-order valence-corrected chi connectivity index (χ2v) is 3.13. The van der Waals surface area contributed by atoms with E-state index in [2.05, 4.69) is 4.99 Å². The van der Waals surface area contributed by atoms with E-state index in [1.54, 1.807) is 36.7 Å². The molecule has 1 heterocycles. The highest BCUT2D eigenvalue weighted by Crippen LogP contribution is 2.14. The molecule has 0 saturated heterocycles. The van der Waals surface area contributed by atoms with Crippen LogP contribution in [0.4, 0.5) is 5.69 Å². The summed E-state index contributed by atoms with van der Waals surface area (Å²) >= 11 is 0. The number of carboxylic acids is 1. The molecule has 0 unspecified atom stereocenters. The Morgan fingerprint density at radius 3 is 2.88 bits per heavy atom. The molecule has 2 rings (SSSR count). The smallest absolute Gasteiger partial charge is 0.335 e. The lowest BCUT2D eigenvalue weighted by Crippen LogP contribution is -1.94. The molecule has 0 aliphatic carbocycles. The van der Waals surface area contributed by atoms with E-state index >= 15 is 0 Å². The number of carbonyl (C=O) groups is 1. The molecule has 1 aromatic carbocycles. The van der Waals surface area contributed by atoms with E-state index < -0.39 is 5.97 Å². The maximum atomic E-state index is 10.7. The highest BCUT2D eigenvalue weighted by atomic mass is 16.4. The van der Waals surface area contributed by atoms with Crippen molar-refractivity contribution in [1.29, 1.82) is 0 Å². The predicted molar refractivity (Wildman–Crippen MR) is 59.4 cm³/mol. The van der Waals surface area contributed by atoms with Gasteiger partial charge >= 0.3 is 5.97 Å². The Hall–Kier alpha value is -2.36. The standard InChI is InChI=1S/C12H9NO3/c14-12(15)9-3-1-4-10(7-9)13-8-11-5-2-6-16-11/h1-8H,(H,14,15). The summed E-state index contributed by atoms with van der Waals surface area (Å²) in [6.07, 6.45) is 3.09. The second-order valence-electron chi connectivity index (χ2n) is 3.13. The number of aromatic carboxylic acids is 1. The van der Waals surface area contributed by atoms with Crippen LogP contribution in [-0.4, -0.2) is 17.3 Å². The first kappa shape index (κ1) is 10.2. The molecule has 1 aromatic heterocycles. The zero-order valence-electron chi connectivity index (χ0n) is 8.33. The van der Waals surface area contributed by atoms with E-state index in [0.717, 1.165) is 0 Å². The number of hydrogen-bond donors (Lipinski definition) is 1. The lowest BCUT2D eigenvalue weighted by atomic mass is 10.2. The molecule has 0 radical (unpaired) electrons. The zero-order chi connectivity index (χ0) is 11.4. The minimum atomic E-state index is -0.963. The minimum Gasteiger partial charge on any atom is -0.478 e. The summed E-state index contributed by atoms with van der Waals surface area (Å²) in [7, 11) is 0. The van der Waals surface area contributed by atoms with Crippen molar-refractivity contribution in [2.24, 2.45) is 4.99 Å². The monoisotopic (exact) mass is 215 g/mol. The van der Waals surface area contributed by atoms with Crippen molar-refractivity contribution in [2.45, 2.75) is 0 Å². The first-order valence-electron chi connectivity index (χ1n) is 4.66. The lowest BCUT2D eigenvalue weighted by molar-refractivity contribution is 0.0697. The summed E-state index contributed by atoms with van der Waals surface area (Å²) in [5.74, 6) is -0.337. The third-order valence-corrected chi connectivity index (χ3v) is 1.98. The van der Waals surface area contributed by atoms with Gasteiger partial charge in [0, 0.05) is 0 Å². The summed E-state index contributed by atoms with van der Waals surface area (Å²) < 4.78 is 5.07. The fourth-order valence-electron chi connectivity index (χ4n) is 1.22. The van der Waals surface area contributed by atoms with Gasteiger partial charge in [-0.05, 0) is 30.3 Å². The van der Waals surface area contributed by atoms with Crippen molar-refractivity contribution in [2.75, 3.05) is 0 Å². The largest absolute Gasteiger partial charge is 0.478 e. The topological polar surface area (TPSA) is 62.8 Å². The van der Waals surface area contributed by atoms with Crippen LogP contribution < -0.4 is 0 Å². The van der Waals surface area contributed by atoms with Gasteiger partial charge in [0.25, 0.3) is 0 Å². The Morgan fingerprint density at radius 2 is 2.19 bits per heavy atom. The summed E-state index contributed by atoms with van der Waals surface area (Å²) in [6, 6.07) is 9.93. The molecule has 16 heavy (non-hydrogen) atoms. The van der Waals surface area contributed by atoms with E-state index in [-0.39, 0.29) is 5.56 Å². The van der Waals surface area contributed by atoms with Gasteiger partial charge in [-0.2, -0.15) is 0 Å². The van der Waals surface area contributed by atoms with Gasteiger partial charge in [0.1, 0.15) is 5.76 Å². The van der Waals surface area contributed by atoms with E-state index in [0.29, 0.717) is 11.4 Å². The van der Waals surface area contributed by atoms with Gasteiger partial charge in [0.2, 0.25) is 0 Å². The fourth-order valence-corrected chi connectivity index (χ4v) is 1.22. The van der Waals surface area contributed by atoms with Crippen LogP contribution in [0.3, 0.4) is 0 Å². The minimum absolute atomic E-state index is 0.217. The highest BCUT2D eigenvalue weighted by Gasteiger charge is 2.01. The van der Waals surface area contributed by atoms with E-state index in [1.807, 2.05) is 0 Å². The molecule has 1 N–H and O–H groups in total. The van der Waals surface area contributed by atoms with Crippen molar-refractivity contribution < 1.29 is 14.3 Å². The molecule has 0 fully saturated rings. The molecule has 80 valence electrons. The van der Waals surface area contributed by atoms with Crippen LogP contribution >= 0.6 is 0 Å². The van der Waals surface area contributed by atoms with Gasteiger partial charge in [-0.25, -0.2) is 4.79 Å². The molecule has 4 heteroatoms. The molecule has 0 saturated carbocycles. The maximum Gasteiger partial charge on any atom is 0.335 e. The van der Waals surface area contributed by atoms with Crippen LogP contribution in [-0.2, 0) is 0 Å². The molecule has 2 aromatic rings. The Morgan fingerprint density at radius 1 is 1.31 bits per heavy atom. The molecular formula is C12H9NO3. The zero-order valence-corrected chi connectivity index (χ0v) is 8.33. The first-order valence-corrected chi connectivity index (χ1v) is 4.66. The molecule has 0 amide bonds. The second kappa shape index (κ2) is 4.44. The summed E-state index contributed by atoms with van der Waals surface area (Å²) in [5.41, 5.74) is 0.797. The molecule has 0 bridgehead atoms. The third-order valence-electron chi connectivity index (χ3n) is 1.98. The number of rotatable bonds is 3. The van der Waals surface area contributed by atoms with Crippen LogP contribution in [0.25, 0.3) is 0 Å². The van der Waals surface area contributed by atoms with Crippen LogP contribution in [0.5, 0.6) is 0 Å². The van der Waals surface area contributed by atoms with Gasteiger partial charge in [-0.3, -0.25) is 4.99 Å². The van der Waals surface area contributed by atoms with Crippen LogP contribution in [0.15, 0.2) is 52.1 Å². The number of benzene rings is 1. The average Bonchev–Trinajstić information content (AvgIpc) is 2.79. The van der Waals surface area contributed by atoms with Gasteiger partial charge in [0.15, 0.2) is 0 Å². The lowest BCUT2D eigenvalue weighted by Gasteiger charge is -1.95. The maximum absolute atomic E-state index is 10.7. The summed E-state index contributed by atoms with van der Waals surface area (Å²) in [5, 5.41) is 8.79. The number of furan rings is 1. The van der Waals surface area contributed by atoms with Crippen molar-refractivity contribution in [3.63, 3.8) is 0 Å². The van der Waals surface area contributed by atoms with E-state index in [9.17, 15) is 4.79 Å². The Kier molecular flexibility index (Phi) is 2.82. The Balaban J connectivity index is 2.22. The van der Waals surface area contributed by atoms with Crippen LogP contribution in [0, 0.1) is 0 Å². The fraction of sp³-hybridized carbons (Fsp3) is 0. The quantitative estimate of drug-likeness (QED) is 0.800. The molecular weight excluding hydrogens is 206 g/mol. The SMILES string of the molecule is O=C(O)c1cccc(N=Cc2ccco2)c1. The number of hydrogen-bond acceptors (Lipinski definition) is 3. The van der Waals surface area contributed by atoms with Gasteiger partial charge in [-0.15, -0.1) is 0 Å². The van der Waals surface area contributed by atoms with Crippen molar-refractivity contribution in [1.82, 2.24) is 0 Å². The van der Waals surface area contributed by atoms with E-state index in [4.69, 9.17) is 9.52 Å². The van der Waals surface area contributed by atoms with Gasteiger partial charge in [-0.1, -0.05) is 6.07 Å². The predicted octanol–water partition coefficient (Wildman–Crippen LogP) is 2.73. The van der Waals surface area contributed by atoms with Crippen molar-refractivity contribution in [3.05, 3.63) is 54.0 Å². The summed E-state index contributed by atoms with van der Waals surface area (Å²) in [4.78, 5) is 14.8. The molecule has 0 atom stereocenters. The third kappa shape index (κ3) is 2.36.